The molecule has 1 aromatic rings. The third kappa shape index (κ3) is 1.50. The summed E-state index contributed by atoms with van der Waals surface area (Å²) < 4.78 is 12.1. The van der Waals surface area contributed by atoms with Gasteiger partial charge in [0, 0.05) is 5.38 Å². The smallest absolute Gasteiger partial charge is 0.134 e. The molecule has 1 rings (SSSR count). The van der Waals surface area contributed by atoms with Crippen LogP contribution in [0.25, 0.3) is 0 Å². The average Bonchev–Trinajstić information content (AvgIpc) is 2.17. The highest BCUT2D eigenvalue weighted by Gasteiger charge is 1.93. The van der Waals surface area contributed by atoms with Crippen molar-refractivity contribution < 1.29 is 9.60 Å². The summed E-state index contributed by atoms with van der Waals surface area (Å²) in [4.78, 5) is 0.606. The molecule has 1 aromatic heterocycles. The molecule has 0 aliphatic rings. The molecule has 48 valence electrons. The van der Waals surface area contributed by atoms with Crippen molar-refractivity contribution >= 4 is 17.6 Å². The lowest BCUT2D eigenvalue weighted by molar-refractivity contribution is 0.322. The second kappa shape index (κ2) is 2.59. The predicted molar refractivity (Wildman–Crippen MR) is 33.7 cm³/mol. The van der Waals surface area contributed by atoms with E-state index in [1.165, 1.54) is 29.0 Å². The molecule has 0 aromatic carbocycles. The van der Waals surface area contributed by atoms with Gasteiger partial charge in [0.2, 0.25) is 0 Å². The Morgan fingerprint density at radius 2 is 2.56 bits per heavy atom. The van der Waals surface area contributed by atoms with Crippen LogP contribution in [-0.2, 0) is 0 Å². The van der Waals surface area contributed by atoms with Gasteiger partial charge in [0.25, 0.3) is 0 Å². The number of thiophene rings is 1. The van der Waals surface area contributed by atoms with E-state index in [0.717, 1.165) is 0 Å². The topological polar surface area (TPSA) is 32.6 Å². The maximum Gasteiger partial charge on any atom is 0.134 e. The van der Waals surface area contributed by atoms with Gasteiger partial charge >= 0.3 is 0 Å². The molecule has 4 heteroatoms. The van der Waals surface area contributed by atoms with Crippen LogP contribution in [0.1, 0.15) is 4.88 Å². The van der Waals surface area contributed by atoms with Gasteiger partial charge in [-0.15, -0.1) is 11.3 Å². The summed E-state index contributed by atoms with van der Waals surface area (Å²) in [6.07, 6.45) is 1.19. The van der Waals surface area contributed by atoms with Crippen molar-refractivity contribution in [1.29, 1.82) is 0 Å². The first-order chi connectivity index (χ1) is 4.33. The molecule has 0 spiro atoms. The van der Waals surface area contributed by atoms with Crippen LogP contribution in [0.4, 0.5) is 4.39 Å². The predicted octanol–water partition coefficient (Wildman–Crippen LogP) is 1.70. The van der Waals surface area contributed by atoms with Crippen LogP contribution < -0.4 is 0 Å². The minimum atomic E-state index is -0.296. The zero-order chi connectivity index (χ0) is 6.69. The normalized spacial score (nSPS) is 10.8. The Morgan fingerprint density at radius 3 is 3.00 bits per heavy atom. The van der Waals surface area contributed by atoms with Gasteiger partial charge in [-0.1, -0.05) is 5.16 Å². The van der Waals surface area contributed by atoms with Gasteiger partial charge in [-0.3, -0.25) is 0 Å². The number of hydrogen-bond donors (Lipinski definition) is 1. The van der Waals surface area contributed by atoms with Crippen molar-refractivity contribution in [3.05, 3.63) is 22.1 Å². The molecular weight excluding hydrogens is 141 g/mol. The molecule has 0 radical (unpaired) electrons. The van der Waals surface area contributed by atoms with Crippen LogP contribution >= 0.6 is 11.3 Å². The lowest BCUT2D eigenvalue weighted by Crippen LogP contribution is -1.69. The van der Waals surface area contributed by atoms with E-state index in [1.807, 2.05) is 0 Å². The van der Waals surface area contributed by atoms with Gasteiger partial charge < -0.3 is 5.21 Å². The Bertz CT molecular complexity index is 220. The zero-order valence-corrected chi connectivity index (χ0v) is 5.23. The second-order valence-electron chi connectivity index (χ2n) is 1.41. The summed E-state index contributed by atoms with van der Waals surface area (Å²) in [5.74, 6) is -0.296. The monoisotopic (exact) mass is 145 g/mol. The third-order valence-corrected chi connectivity index (χ3v) is 1.61. The van der Waals surface area contributed by atoms with Crippen LogP contribution in [0.15, 0.2) is 16.6 Å². The fraction of sp³-hybridized carbons (Fsp3) is 0. The van der Waals surface area contributed by atoms with E-state index in [1.54, 1.807) is 0 Å². The molecule has 0 fully saturated rings. The van der Waals surface area contributed by atoms with E-state index in [4.69, 9.17) is 5.21 Å². The summed E-state index contributed by atoms with van der Waals surface area (Å²) in [7, 11) is 0. The highest BCUT2D eigenvalue weighted by Crippen LogP contribution is 2.09. The van der Waals surface area contributed by atoms with Crippen molar-refractivity contribution in [2.75, 3.05) is 0 Å². The van der Waals surface area contributed by atoms with Crippen LogP contribution in [0.5, 0.6) is 0 Å². The molecule has 2 nitrogen and oxygen atoms in total. The largest absolute Gasteiger partial charge is 0.411 e. The Balaban J connectivity index is 2.85. The summed E-state index contributed by atoms with van der Waals surface area (Å²) in [5, 5.41) is 12.1. The molecule has 0 atom stereocenters. The Morgan fingerprint density at radius 1 is 1.78 bits per heavy atom. The van der Waals surface area contributed by atoms with Crippen molar-refractivity contribution in [3.8, 4) is 0 Å². The maximum atomic E-state index is 12.1. The Labute approximate surface area is 55.2 Å². The van der Waals surface area contributed by atoms with Crippen molar-refractivity contribution in [2.24, 2.45) is 5.16 Å². The molecule has 0 saturated carbocycles. The van der Waals surface area contributed by atoms with Crippen molar-refractivity contribution in [3.63, 3.8) is 0 Å². The van der Waals surface area contributed by atoms with E-state index in [2.05, 4.69) is 5.16 Å². The molecule has 1 heterocycles. The fourth-order valence-electron chi connectivity index (χ4n) is 0.453. The minimum Gasteiger partial charge on any atom is -0.411 e. The first kappa shape index (κ1) is 6.22. The third-order valence-electron chi connectivity index (χ3n) is 0.773. The van der Waals surface area contributed by atoms with Gasteiger partial charge in [-0.25, -0.2) is 4.39 Å². The van der Waals surface area contributed by atoms with Gasteiger partial charge in [0.05, 0.1) is 11.1 Å². The number of oxime groups is 1. The van der Waals surface area contributed by atoms with Gasteiger partial charge in [-0.2, -0.15) is 0 Å². The van der Waals surface area contributed by atoms with Crippen molar-refractivity contribution in [2.45, 2.75) is 0 Å². The fourth-order valence-corrected chi connectivity index (χ4v) is 1.06. The van der Waals surface area contributed by atoms with E-state index in [9.17, 15) is 4.39 Å². The Kier molecular flexibility index (Phi) is 1.79. The molecule has 0 bridgehead atoms. The summed E-state index contributed by atoms with van der Waals surface area (Å²) in [6.45, 7) is 0. The molecule has 0 aliphatic carbocycles. The molecule has 0 saturated heterocycles. The molecular formula is C5H4FNOS. The minimum absolute atomic E-state index is 0.296. The molecule has 0 aliphatic heterocycles. The Hall–Kier alpha value is -0.900. The van der Waals surface area contributed by atoms with Crippen LogP contribution in [0.3, 0.4) is 0 Å². The number of halogens is 1. The first-order valence-electron chi connectivity index (χ1n) is 2.24. The molecule has 1 N–H and O–H groups in total. The highest BCUT2D eigenvalue weighted by molar-refractivity contribution is 7.11. The first-order valence-corrected chi connectivity index (χ1v) is 3.12. The lowest BCUT2D eigenvalue weighted by Gasteiger charge is -1.73. The van der Waals surface area contributed by atoms with Gasteiger partial charge in [0.1, 0.15) is 5.82 Å². The van der Waals surface area contributed by atoms with Crippen LogP contribution in [0, 0.1) is 5.82 Å². The zero-order valence-electron chi connectivity index (χ0n) is 4.41. The van der Waals surface area contributed by atoms with E-state index < -0.39 is 0 Å². The maximum absolute atomic E-state index is 12.1. The van der Waals surface area contributed by atoms with Crippen molar-refractivity contribution in [1.82, 2.24) is 0 Å². The van der Waals surface area contributed by atoms with E-state index >= 15 is 0 Å². The highest BCUT2D eigenvalue weighted by atomic mass is 32.1. The van der Waals surface area contributed by atoms with Gasteiger partial charge in [-0.05, 0) is 6.07 Å². The quantitative estimate of drug-likeness (QED) is 0.364. The number of rotatable bonds is 1. The van der Waals surface area contributed by atoms with Crippen LogP contribution in [-0.4, -0.2) is 11.4 Å². The summed E-state index contributed by atoms with van der Waals surface area (Å²) >= 11 is 1.19. The molecule has 0 amide bonds. The average molecular weight is 145 g/mol. The summed E-state index contributed by atoms with van der Waals surface area (Å²) in [5.41, 5.74) is 0. The van der Waals surface area contributed by atoms with Gasteiger partial charge in [0.15, 0.2) is 0 Å². The van der Waals surface area contributed by atoms with E-state index in [-0.39, 0.29) is 5.82 Å². The SMILES string of the molecule is O/N=C\c1cc(F)cs1. The standard InChI is InChI=1S/C5H4FNOS/c6-4-1-5(2-7-8)9-3-4/h1-3,8H/b7-2-. The number of hydrogen-bond acceptors (Lipinski definition) is 3. The lowest BCUT2D eigenvalue weighted by atomic mass is 10.5. The number of nitrogens with zero attached hydrogens (tertiary/aromatic N) is 1. The van der Waals surface area contributed by atoms with Crippen LogP contribution in [0.2, 0.25) is 0 Å². The van der Waals surface area contributed by atoms with E-state index in [0.29, 0.717) is 4.88 Å². The molecule has 0 unspecified atom stereocenters. The second-order valence-corrected chi connectivity index (χ2v) is 2.35. The molecule has 9 heavy (non-hydrogen) atoms. The summed E-state index contributed by atoms with van der Waals surface area (Å²) in [6, 6.07) is 1.30.